The van der Waals surface area contributed by atoms with Crippen molar-refractivity contribution in [2.75, 3.05) is 13.1 Å². The van der Waals surface area contributed by atoms with Crippen LogP contribution < -0.4 is 0 Å². The maximum absolute atomic E-state index is 13.3. The van der Waals surface area contributed by atoms with Gasteiger partial charge in [-0.2, -0.15) is 0 Å². The third-order valence-electron chi connectivity index (χ3n) is 6.53. The zero-order chi connectivity index (χ0) is 21.3. The molecule has 0 saturated carbocycles. The quantitative estimate of drug-likeness (QED) is 0.676. The average molecular weight is 418 g/mol. The van der Waals surface area contributed by atoms with Gasteiger partial charge in [0.2, 0.25) is 0 Å². The maximum Gasteiger partial charge on any atom is 0.254 e. The van der Waals surface area contributed by atoms with E-state index in [2.05, 4.69) is 22.1 Å². The molecule has 0 radical (unpaired) electrons. The highest BCUT2D eigenvalue weighted by Crippen LogP contribution is 2.43. The van der Waals surface area contributed by atoms with Crippen molar-refractivity contribution in [1.29, 1.82) is 0 Å². The van der Waals surface area contributed by atoms with Gasteiger partial charge < -0.3 is 19.7 Å². The van der Waals surface area contributed by atoms with Gasteiger partial charge in [-0.05, 0) is 24.5 Å². The summed E-state index contributed by atoms with van der Waals surface area (Å²) in [5, 5.41) is 10.6. The number of benzene rings is 2. The Morgan fingerprint density at radius 2 is 1.84 bits per heavy atom. The number of H-pyrrole nitrogens is 1. The third kappa shape index (κ3) is 4.01. The molecule has 5 rings (SSSR count). The Kier molecular flexibility index (Phi) is 5.34. The van der Waals surface area contributed by atoms with Crippen molar-refractivity contribution in [3.05, 3.63) is 78.1 Å². The Balaban J connectivity index is 1.31. The molecule has 0 unspecified atom stereocenters. The molecule has 3 aromatic rings. The number of aliphatic hydroxyl groups excluding tert-OH is 1. The second-order valence-electron chi connectivity index (χ2n) is 8.57. The first-order valence-electron chi connectivity index (χ1n) is 10.9. The highest BCUT2D eigenvalue weighted by Gasteiger charge is 2.44. The Morgan fingerprint density at radius 1 is 1.10 bits per heavy atom. The van der Waals surface area contributed by atoms with Crippen molar-refractivity contribution in [2.45, 2.75) is 43.5 Å². The van der Waals surface area contributed by atoms with E-state index in [-0.39, 0.29) is 23.7 Å². The number of likely N-dealkylation sites (tertiary alicyclic amines) is 1. The summed E-state index contributed by atoms with van der Waals surface area (Å²) in [5.74, 6) is 0.708. The summed E-state index contributed by atoms with van der Waals surface area (Å²) in [6.07, 6.45) is 5.65. The summed E-state index contributed by atoms with van der Waals surface area (Å²) in [4.78, 5) is 22.6. The van der Waals surface area contributed by atoms with Gasteiger partial charge in [0.25, 0.3) is 5.91 Å². The molecule has 6 heteroatoms. The molecule has 31 heavy (non-hydrogen) atoms. The first-order valence-corrected chi connectivity index (χ1v) is 10.9. The number of aromatic nitrogens is 2. The SMILES string of the molecule is O=C(c1ccccc1-c1ncc[nH]1)N1CCC2(CC1)C[C@H](O)C[C@H](c1ccccc1)O2. The van der Waals surface area contributed by atoms with E-state index in [1.807, 2.05) is 47.4 Å². The molecule has 2 aliphatic heterocycles. The summed E-state index contributed by atoms with van der Waals surface area (Å²) < 4.78 is 6.57. The minimum absolute atomic E-state index is 0.0119. The van der Waals surface area contributed by atoms with Crippen LogP contribution in [-0.2, 0) is 4.74 Å². The number of nitrogens with zero attached hydrogens (tertiary/aromatic N) is 2. The van der Waals surface area contributed by atoms with Gasteiger partial charge in [0, 0.05) is 43.9 Å². The van der Waals surface area contributed by atoms with Gasteiger partial charge in [-0.1, -0.05) is 48.5 Å². The average Bonchev–Trinajstić information content (AvgIpc) is 3.34. The normalized spacial score (nSPS) is 23.1. The Morgan fingerprint density at radius 3 is 2.58 bits per heavy atom. The van der Waals surface area contributed by atoms with Crippen molar-refractivity contribution >= 4 is 5.91 Å². The van der Waals surface area contributed by atoms with E-state index in [9.17, 15) is 9.90 Å². The van der Waals surface area contributed by atoms with Crippen molar-refractivity contribution in [3.8, 4) is 11.4 Å². The fourth-order valence-electron chi connectivity index (χ4n) is 4.93. The van der Waals surface area contributed by atoms with Gasteiger partial charge in [-0.15, -0.1) is 0 Å². The zero-order valence-corrected chi connectivity index (χ0v) is 17.4. The lowest BCUT2D eigenvalue weighted by Gasteiger charge is -2.48. The number of hydrogen-bond acceptors (Lipinski definition) is 4. The number of aromatic amines is 1. The lowest BCUT2D eigenvalue weighted by Crippen LogP contribution is -2.52. The summed E-state index contributed by atoms with van der Waals surface area (Å²) in [7, 11) is 0. The van der Waals surface area contributed by atoms with Gasteiger partial charge in [-0.25, -0.2) is 4.98 Å². The molecule has 1 spiro atoms. The number of amides is 1. The lowest BCUT2D eigenvalue weighted by molar-refractivity contribution is -0.181. The van der Waals surface area contributed by atoms with Crippen LogP contribution >= 0.6 is 0 Å². The van der Waals surface area contributed by atoms with E-state index in [4.69, 9.17) is 4.74 Å². The zero-order valence-electron chi connectivity index (χ0n) is 17.4. The molecule has 2 atom stereocenters. The first kappa shape index (κ1) is 20.0. The Labute approximate surface area is 181 Å². The van der Waals surface area contributed by atoms with Gasteiger partial charge in [0.05, 0.1) is 23.4 Å². The van der Waals surface area contributed by atoms with Crippen molar-refractivity contribution in [1.82, 2.24) is 14.9 Å². The van der Waals surface area contributed by atoms with Crippen LogP contribution in [0.3, 0.4) is 0 Å². The number of aliphatic hydroxyl groups is 1. The number of piperidine rings is 1. The number of hydrogen-bond donors (Lipinski definition) is 2. The van der Waals surface area contributed by atoms with Crippen molar-refractivity contribution in [3.63, 3.8) is 0 Å². The molecule has 0 aliphatic carbocycles. The van der Waals surface area contributed by atoms with Crippen LogP contribution in [0, 0.1) is 0 Å². The third-order valence-corrected chi connectivity index (χ3v) is 6.53. The van der Waals surface area contributed by atoms with E-state index in [1.165, 1.54) is 0 Å². The molecular formula is C25H27N3O3. The number of carbonyl (C=O) groups is 1. The maximum atomic E-state index is 13.3. The largest absolute Gasteiger partial charge is 0.393 e. The molecule has 6 nitrogen and oxygen atoms in total. The van der Waals surface area contributed by atoms with Crippen LogP contribution in [0.15, 0.2) is 67.0 Å². The minimum atomic E-state index is -0.388. The molecule has 160 valence electrons. The summed E-state index contributed by atoms with van der Waals surface area (Å²) >= 11 is 0. The smallest absolute Gasteiger partial charge is 0.254 e. The molecule has 2 fully saturated rings. The molecule has 3 heterocycles. The number of ether oxygens (including phenoxy) is 1. The summed E-state index contributed by atoms with van der Waals surface area (Å²) in [6.45, 7) is 1.22. The van der Waals surface area contributed by atoms with Crippen LogP contribution in [0.1, 0.15) is 47.7 Å². The van der Waals surface area contributed by atoms with Gasteiger partial charge in [0.1, 0.15) is 5.82 Å². The van der Waals surface area contributed by atoms with Crippen LogP contribution in [-0.4, -0.2) is 50.7 Å². The first-order chi connectivity index (χ1) is 15.1. The molecule has 2 aromatic carbocycles. The molecule has 1 aromatic heterocycles. The predicted molar refractivity (Wildman–Crippen MR) is 117 cm³/mol. The lowest BCUT2D eigenvalue weighted by atomic mass is 9.80. The van der Waals surface area contributed by atoms with Gasteiger partial charge in [-0.3, -0.25) is 4.79 Å². The van der Waals surface area contributed by atoms with E-state index < -0.39 is 0 Å². The van der Waals surface area contributed by atoms with Crippen molar-refractivity contribution < 1.29 is 14.6 Å². The summed E-state index contributed by atoms with van der Waals surface area (Å²) in [6, 6.07) is 17.7. The monoisotopic (exact) mass is 417 g/mol. The van der Waals surface area contributed by atoms with Gasteiger partial charge >= 0.3 is 0 Å². The topological polar surface area (TPSA) is 78.5 Å². The molecule has 2 N–H and O–H groups in total. The standard InChI is InChI=1S/C25H27N3O3/c29-19-16-22(18-6-2-1-3-7-18)31-25(17-19)10-14-28(15-11-25)24(30)21-9-5-4-8-20(21)23-26-12-13-27-23/h1-9,12-13,19,22,29H,10-11,14-17H2,(H,26,27)/t19-,22-/m1/s1. The number of rotatable bonds is 3. The van der Waals surface area contributed by atoms with Crippen LogP contribution in [0.4, 0.5) is 0 Å². The second kappa shape index (κ2) is 8.29. The highest BCUT2D eigenvalue weighted by molar-refractivity contribution is 6.00. The van der Waals surface area contributed by atoms with E-state index in [0.29, 0.717) is 37.3 Å². The number of nitrogens with one attached hydrogen (secondary N) is 1. The fourth-order valence-corrected chi connectivity index (χ4v) is 4.93. The molecule has 1 amide bonds. The molecule has 0 bridgehead atoms. The molecule has 2 aliphatic rings. The predicted octanol–water partition coefficient (Wildman–Crippen LogP) is 3.96. The summed E-state index contributed by atoms with van der Waals surface area (Å²) in [5.41, 5.74) is 2.19. The fraction of sp³-hybridized carbons (Fsp3) is 0.360. The Bertz CT molecular complexity index is 1030. The van der Waals surface area contributed by atoms with E-state index in [0.717, 1.165) is 24.0 Å². The van der Waals surface area contributed by atoms with E-state index >= 15 is 0 Å². The second-order valence-corrected chi connectivity index (χ2v) is 8.57. The van der Waals surface area contributed by atoms with Gasteiger partial charge in [0.15, 0.2) is 0 Å². The van der Waals surface area contributed by atoms with Crippen LogP contribution in [0.2, 0.25) is 0 Å². The number of carbonyl (C=O) groups excluding carboxylic acids is 1. The van der Waals surface area contributed by atoms with Crippen LogP contribution in [0.25, 0.3) is 11.4 Å². The van der Waals surface area contributed by atoms with Crippen molar-refractivity contribution in [2.24, 2.45) is 0 Å². The molecular weight excluding hydrogens is 390 g/mol. The Hall–Kier alpha value is -2.96. The molecule has 2 saturated heterocycles. The minimum Gasteiger partial charge on any atom is -0.393 e. The number of imidazole rings is 1. The highest BCUT2D eigenvalue weighted by atomic mass is 16.5. The van der Waals surface area contributed by atoms with E-state index in [1.54, 1.807) is 12.4 Å². The van der Waals surface area contributed by atoms with Crippen LogP contribution in [0.5, 0.6) is 0 Å².